The molecule has 0 N–H and O–H groups in total. The van der Waals surface area contributed by atoms with Crippen molar-refractivity contribution in [1.82, 2.24) is 0 Å². The van der Waals surface area contributed by atoms with Crippen LogP contribution in [0.2, 0.25) is 10.0 Å². The fourth-order valence-corrected chi connectivity index (χ4v) is 2.45. The average Bonchev–Trinajstić information content (AvgIpc) is 2.43. The van der Waals surface area contributed by atoms with Crippen molar-refractivity contribution < 1.29 is 9.66 Å². The van der Waals surface area contributed by atoms with Crippen LogP contribution in [0.3, 0.4) is 0 Å². The maximum absolute atomic E-state index is 10.7. The quantitative estimate of drug-likeness (QED) is 0.526. The molecule has 0 aliphatic rings. The molecular weight excluding hydrogens is 383 g/mol. The minimum absolute atomic E-state index is 0.0130. The van der Waals surface area contributed by atoms with Gasteiger partial charge >= 0.3 is 0 Å². The number of non-ortho nitro benzene ring substituents is 1. The Balaban J connectivity index is 2.46. The topological polar surface area (TPSA) is 76.2 Å². The summed E-state index contributed by atoms with van der Waals surface area (Å²) in [6.45, 7) is 0. The van der Waals surface area contributed by atoms with E-state index in [0.29, 0.717) is 4.47 Å². The molecule has 0 aromatic heterocycles. The number of nitriles is 1. The summed E-state index contributed by atoms with van der Waals surface area (Å²) in [5, 5.41) is 19.8. The highest BCUT2D eigenvalue weighted by Crippen LogP contribution is 2.40. The summed E-state index contributed by atoms with van der Waals surface area (Å²) < 4.78 is 6.24. The Morgan fingerprint density at radius 1 is 1.24 bits per heavy atom. The fourth-order valence-electron chi connectivity index (χ4n) is 1.54. The average molecular weight is 388 g/mol. The standard InChI is InChI=1S/C13H5BrCl2N2O3/c14-8-1-2-12(7(3-8)6-17)21-13-10(15)4-9(18(19)20)5-11(13)16/h1-5H. The molecule has 0 amide bonds. The van der Waals surface area contributed by atoms with E-state index in [9.17, 15) is 10.1 Å². The smallest absolute Gasteiger partial charge is 0.272 e. The molecule has 0 radical (unpaired) electrons. The predicted molar refractivity (Wildman–Crippen MR) is 82.0 cm³/mol. The van der Waals surface area contributed by atoms with E-state index in [2.05, 4.69) is 15.9 Å². The molecule has 0 heterocycles. The van der Waals surface area contributed by atoms with E-state index in [1.54, 1.807) is 18.2 Å². The SMILES string of the molecule is N#Cc1cc(Br)ccc1Oc1c(Cl)cc([N+](=O)[O-])cc1Cl. The van der Waals surface area contributed by atoms with E-state index in [4.69, 9.17) is 33.2 Å². The van der Waals surface area contributed by atoms with Gasteiger partial charge in [-0.25, -0.2) is 0 Å². The van der Waals surface area contributed by atoms with Crippen LogP contribution in [-0.2, 0) is 0 Å². The molecule has 0 aliphatic heterocycles. The number of nitrogens with zero attached hydrogens (tertiary/aromatic N) is 2. The van der Waals surface area contributed by atoms with E-state index < -0.39 is 4.92 Å². The first-order chi connectivity index (χ1) is 9.92. The first kappa shape index (κ1) is 15.6. The van der Waals surface area contributed by atoms with Crippen molar-refractivity contribution in [2.75, 3.05) is 0 Å². The van der Waals surface area contributed by atoms with Crippen molar-refractivity contribution in [3.8, 4) is 17.6 Å². The minimum Gasteiger partial charge on any atom is -0.453 e. The first-order valence-electron chi connectivity index (χ1n) is 5.43. The number of nitro benzene ring substituents is 1. The fraction of sp³-hybridized carbons (Fsp3) is 0. The molecule has 0 aliphatic carbocycles. The summed E-state index contributed by atoms with van der Waals surface area (Å²) in [5.41, 5.74) is 0.0310. The Hall–Kier alpha value is -1.81. The Morgan fingerprint density at radius 3 is 2.38 bits per heavy atom. The van der Waals surface area contributed by atoms with Crippen molar-refractivity contribution >= 4 is 44.8 Å². The summed E-state index contributed by atoms with van der Waals surface area (Å²) in [6, 6.07) is 9.06. The molecule has 2 aromatic carbocycles. The maximum atomic E-state index is 10.7. The van der Waals surface area contributed by atoms with Gasteiger partial charge in [-0.1, -0.05) is 39.1 Å². The highest BCUT2D eigenvalue weighted by atomic mass is 79.9. The highest BCUT2D eigenvalue weighted by Gasteiger charge is 2.17. The Bertz CT molecular complexity index is 751. The van der Waals surface area contributed by atoms with Crippen molar-refractivity contribution in [2.45, 2.75) is 0 Å². The van der Waals surface area contributed by atoms with Crippen LogP contribution in [-0.4, -0.2) is 4.92 Å². The molecular formula is C13H5BrCl2N2O3. The first-order valence-corrected chi connectivity index (χ1v) is 6.98. The molecule has 106 valence electrons. The normalized spacial score (nSPS) is 10.0. The van der Waals surface area contributed by atoms with Gasteiger partial charge in [-0.2, -0.15) is 5.26 Å². The number of hydrogen-bond donors (Lipinski definition) is 0. The third-order valence-corrected chi connectivity index (χ3v) is 3.52. The molecule has 0 saturated heterocycles. The number of ether oxygens (including phenoxy) is 1. The number of hydrogen-bond acceptors (Lipinski definition) is 4. The number of halogens is 3. The van der Waals surface area contributed by atoms with Crippen molar-refractivity contribution in [3.05, 3.63) is 60.5 Å². The predicted octanol–water partition coefficient (Wildman–Crippen LogP) is 5.33. The lowest BCUT2D eigenvalue weighted by Gasteiger charge is -2.10. The molecule has 21 heavy (non-hydrogen) atoms. The molecule has 2 aromatic rings. The third kappa shape index (κ3) is 3.45. The summed E-state index contributed by atoms with van der Waals surface area (Å²) in [5.74, 6) is 0.307. The number of benzene rings is 2. The summed E-state index contributed by atoms with van der Waals surface area (Å²) in [4.78, 5) is 10.1. The van der Waals surface area contributed by atoms with Crippen LogP contribution >= 0.6 is 39.1 Å². The monoisotopic (exact) mass is 386 g/mol. The summed E-state index contributed by atoms with van der Waals surface area (Å²) in [7, 11) is 0. The minimum atomic E-state index is -0.609. The lowest BCUT2D eigenvalue weighted by atomic mass is 10.2. The van der Waals surface area contributed by atoms with E-state index in [1.807, 2.05) is 6.07 Å². The zero-order valence-electron chi connectivity index (χ0n) is 10.1. The second kappa shape index (κ2) is 6.31. The molecule has 0 bridgehead atoms. The van der Waals surface area contributed by atoms with Crippen LogP contribution < -0.4 is 4.74 Å². The lowest BCUT2D eigenvalue weighted by molar-refractivity contribution is -0.384. The summed E-state index contributed by atoms with van der Waals surface area (Å²) in [6.07, 6.45) is 0. The van der Waals surface area contributed by atoms with Gasteiger partial charge < -0.3 is 4.74 Å². The van der Waals surface area contributed by atoms with Crippen molar-refractivity contribution in [3.63, 3.8) is 0 Å². The molecule has 0 fully saturated rings. The second-order valence-electron chi connectivity index (χ2n) is 3.85. The van der Waals surface area contributed by atoms with Gasteiger partial charge in [0.15, 0.2) is 5.75 Å². The van der Waals surface area contributed by atoms with Crippen molar-refractivity contribution in [1.29, 1.82) is 5.26 Å². The van der Waals surface area contributed by atoms with E-state index in [0.717, 1.165) is 12.1 Å². The second-order valence-corrected chi connectivity index (χ2v) is 5.58. The Kier molecular flexibility index (Phi) is 4.68. The van der Waals surface area contributed by atoms with Crippen LogP contribution in [0.15, 0.2) is 34.8 Å². The molecule has 2 rings (SSSR count). The van der Waals surface area contributed by atoms with Gasteiger partial charge in [0.25, 0.3) is 5.69 Å². The van der Waals surface area contributed by atoms with Crippen LogP contribution in [0, 0.1) is 21.4 Å². The van der Waals surface area contributed by atoms with Crippen LogP contribution in [0.25, 0.3) is 0 Å². The molecule has 8 heteroatoms. The molecule has 0 spiro atoms. The molecule has 0 saturated carbocycles. The zero-order chi connectivity index (χ0) is 15.6. The van der Waals surface area contributed by atoms with E-state index >= 15 is 0 Å². The van der Waals surface area contributed by atoms with Gasteiger partial charge in [-0.05, 0) is 18.2 Å². The molecule has 0 atom stereocenters. The Labute approximate surface area is 137 Å². The number of nitro groups is 1. The van der Waals surface area contributed by atoms with Gasteiger partial charge in [-0.3, -0.25) is 10.1 Å². The van der Waals surface area contributed by atoms with E-state index in [-0.39, 0.29) is 32.8 Å². The zero-order valence-corrected chi connectivity index (χ0v) is 13.2. The van der Waals surface area contributed by atoms with Crippen molar-refractivity contribution in [2.24, 2.45) is 0 Å². The molecule has 5 nitrogen and oxygen atoms in total. The van der Waals surface area contributed by atoms with Crippen LogP contribution in [0.4, 0.5) is 5.69 Å². The number of rotatable bonds is 3. The third-order valence-electron chi connectivity index (χ3n) is 2.47. The lowest BCUT2D eigenvalue weighted by Crippen LogP contribution is -1.93. The van der Waals surface area contributed by atoms with E-state index in [1.165, 1.54) is 0 Å². The van der Waals surface area contributed by atoms with Gasteiger partial charge in [-0.15, -0.1) is 0 Å². The Morgan fingerprint density at radius 2 is 1.86 bits per heavy atom. The van der Waals surface area contributed by atoms with Crippen LogP contribution in [0.1, 0.15) is 5.56 Å². The molecule has 0 unspecified atom stereocenters. The summed E-state index contributed by atoms with van der Waals surface area (Å²) >= 11 is 15.1. The highest BCUT2D eigenvalue weighted by molar-refractivity contribution is 9.10. The van der Waals surface area contributed by atoms with Gasteiger partial charge in [0.2, 0.25) is 0 Å². The van der Waals surface area contributed by atoms with Gasteiger partial charge in [0.05, 0.1) is 20.5 Å². The van der Waals surface area contributed by atoms with Gasteiger partial charge in [0, 0.05) is 16.6 Å². The largest absolute Gasteiger partial charge is 0.453 e. The van der Waals surface area contributed by atoms with Crippen LogP contribution in [0.5, 0.6) is 11.5 Å². The van der Waals surface area contributed by atoms with Gasteiger partial charge in [0.1, 0.15) is 11.8 Å². The maximum Gasteiger partial charge on any atom is 0.272 e.